The van der Waals surface area contributed by atoms with Gasteiger partial charge in [-0.1, -0.05) is 32.9 Å². The Morgan fingerprint density at radius 2 is 2.05 bits per heavy atom. The van der Waals surface area contributed by atoms with Gasteiger partial charge in [0.25, 0.3) is 0 Å². The molecule has 0 bridgehead atoms. The zero-order valence-corrected chi connectivity index (χ0v) is 13.1. The maximum absolute atomic E-state index is 5.89. The number of benzene rings is 1. The van der Waals surface area contributed by atoms with Gasteiger partial charge in [0.1, 0.15) is 5.75 Å². The second-order valence-electron chi connectivity index (χ2n) is 6.78. The molecule has 0 N–H and O–H groups in total. The topological polar surface area (TPSA) is 39.9 Å². The van der Waals surface area contributed by atoms with Crippen LogP contribution in [0.25, 0.3) is 16.6 Å². The number of fused-ring (bicyclic) bond motifs is 3. The van der Waals surface area contributed by atoms with Crippen molar-refractivity contribution in [1.29, 1.82) is 0 Å². The van der Waals surface area contributed by atoms with Gasteiger partial charge in [-0.2, -0.15) is 5.10 Å². The summed E-state index contributed by atoms with van der Waals surface area (Å²) in [5.74, 6) is 1.85. The predicted molar refractivity (Wildman–Crippen MR) is 86.8 cm³/mol. The number of ether oxygens (including phenoxy) is 1. The molecule has 2 aromatic heterocycles. The predicted octanol–water partition coefficient (Wildman–Crippen LogP) is 3.65. The van der Waals surface area contributed by atoms with E-state index in [1.165, 1.54) is 10.9 Å². The molecule has 0 radical (unpaired) electrons. The molecule has 4 rings (SSSR count). The van der Waals surface area contributed by atoms with Crippen LogP contribution in [0, 0.1) is 0 Å². The number of pyridine rings is 1. The van der Waals surface area contributed by atoms with Crippen molar-refractivity contribution < 1.29 is 4.74 Å². The van der Waals surface area contributed by atoms with Crippen molar-refractivity contribution in [2.75, 3.05) is 6.61 Å². The van der Waals surface area contributed by atoms with Crippen LogP contribution in [-0.4, -0.2) is 21.4 Å². The van der Waals surface area contributed by atoms with Crippen LogP contribution in [0.15, 0.2) is 36.7 Å². The van der Waals surface area contributed by atoms with Crippen molar-refractivity contribution in [1.82, 2.24) is 14.8 Å². The third-order valence-electron chi connectivity index (χ3n) is 4.10. The lowest BCUT2D eigenvalue weighted by molar-refractivity contribution is 0.360. The molecule has 3 heterocycles. The standard InChI is InChI=1S/C18H19N3O/c1-18(2,3)17-13-6-5-12-7-10-22-16(12)14(13)11-15(20-17)21-9-4-8-19-21/h4-6,8-9,11H,7,10H2,1-3H3. The smallest absolute Gasteiger partial charge is 0.154 e. The van der Waals surface area contributed by atoms with E-state index in [0.29, 0.717) is 0 Å². The third-order valence-corrected chi connectivity index (χ3v) is 4.10. The molecule has 0 aliphatic carbocycles. The molecular formula is C18H19N3O. The fraction of sp³-hybridized carbons (Fsp3) is 0.333. The Hall–Kier alpha value is -2.36. The van der Waals surface area contributed by atoms with Crippen molar-refractivity contribution in [2.45, 2.75) is 32.6 Å². The molecule has 0 saturated heterocycles. The van der Waals surface area contributed by atoms with Gasteiger partial charge in [-0.3, -0.25) is 0 Å². The first-order chi connectivity index (χ1) is 10.5. The van der Waals surface area contributed by atoms with E-state index in [2.05, 4.69) is 44.1 Å². The number of hydrogen-bond acceptors (Lipinski definition) is 3. The second kappa shape index (κ2) is 4.57. The normalized spacial score (nSPS) is 14.1. The second-order valence-corrected chi connectivity index (χ2v) is 6.78. The van der Waals surface area contributed by atoms with Crippen LogP contribution in [-0.2, 0) is 11.8 Å². The maximum Gasteiger partial charge on any atom is 0.154 e. The quantitative estimate of drug-likeness (QED) is 0.687. The molecule has 4 heteroatoms. The van der Waals surface area contributed by atoms with E-state index in [9.17, 15) is 0 Å². The van der Waals surface area contributed by atoms with Crippen LogP contribution in [0.4, 0.5) is 0 Å². The summed E-state index contributed by atoms with van der Waals surface area (Å²) in [4.78, 5) is 4.89. The fourth-order valence-corrected chi connectivity index (χ4v) is 3.05. The Morgan fingerprint density at radius 1 is 1.18 bits per heavy atom. The van der Waals surface area contributed by atoms with Gasteiger partial charge in [-0.05, 0) is 17.7 Å². The molecule has 0 saturated carbocycles. The first-order valence-corrected chi connectivity index (χ1v) is 7.64. The summed E-state index contributed by atoms with van der Waals surface area (Å²) < 4.78 is 7.70. The van der Waals surface area contributed by atoms with Gasteiger partial charge >= 0.3 is 0 Å². The Morgan fingerprint density at radius 3 is 2.77 bits per heavy atom. The zero-order chi connectivity index (χ0) is 15.3. The Bertz CT molecular complexity index is 845. The summed E-state index contributed by atoms with van der Waals surface area (Å²) in [6.45, 7) is 7.33. The molecule has 22 heavy (non-hydrogen) atoms. The van der Waals surface area contributed by atoms with Gasteiger partial charge in [-0.25, -0.2) is 9.67 Å². The van der Waals surface area contributed by atoms with E-state index < -0.39 is 0 Å². The van der Waals surface area contributed by atoms with Crippen LogP contribution >= 0.6 is 0 Å². The van der Waals surface area contributed by atoms with Gasteiger partial charge in [0.2, 0.25) is 0 Å². The van der Waals surface area contributed by atoms with Crippen LogP contribution in [0.1, 0.15) is 32.0 Å². The Balaban J connectivity index is 2.08. The molecule has 1 aliphatic rings. The zero-order valence-electron chi connectivity index (χ0n) is 13.1. The lowest BCUT2D eigenvalue weighted by Crippen LogP contribution is -2.16. The molecule has 112 valence electrons. The lowest BCUT2D eigenvalue weighted by atomic mass is 9.87. The highest BCUT2D eigenvalue weighted by atomic mass is 16.5. The third kappa shape index (κ3) is 1.98. The number of nitrogens with zero attached hydrogens (tertiary/aromatic N) is 3. The molecular weight excluding hydrogens is 274 g/mol. The fourth-order valence-electron chi connectivity index (χ4n) is 3.05. The first kappa shape index (κ1) is 13.3. The average molecular weight is 293 g/mol. The van der Waals surface area contributed by atoms with Crippen molar-refractivity contribution >= 4 is 10.8 Å². The Labute approximate surface area is 129 Å². The highest BCUT2D eigenvalue weighted by molar-refractivity contribution is 5.93. The number of hydrogen-bond donors (Lipinski definition) is 0. The largest absolute Gasteiger partial charge is 0.492 e. The first-order valence-electron chi connectivity index (χ1n) is 7.64. The minimum absolute atomic E-state index is 0.0474. The average Bonchev–Trinajstić information content (AvgIpc) is 3.16. The van der Waals surface area contributed by atoms with E-state index in [4.69, 9.17) is 9.72 Å². The summed E-state index contributed by atoms with van der Waals surface area (Å²) in [6.07, 6.45) is 4.68. The molecule has 0 fully saturated rings. The molecule has 1 aromatic carbocycles. The SMILES string of the molecule is CC(C)(C)c1nc(-n2cccn2)cc2c3c(ccc12)CCO3. The maximum atomic E-state index is 5.89. The van der Waals surface area contributed by atoms with Crippen LogP contribution in [0.2, 0.25) is 0 Å². The minimum Gasteiger partial charge on any atom is -0.492 e. The molecule has 0 unspecified atom stereocenters. The minimum atomic E-state index is -0.0474. The van der Waals surface area contributed by atoms with Crippen molar-refractivity contribution in [3.8, 4) is 11.6 Å². The van der Waals surface area contributed by atoms with Gasteiger partial charge in [0.15, 0.2) is 5.82 Å². The van der Waals surface area contributed by atoms with E-state index in [0.717, 1.165) is 35.7 Å². The number of rotatable bonds is 1. The number of aromatic nitrogens is 3. The van der Waals surface area contributed by atoms with Gasteiger partial charge in [0.05, 0.1) is 12.3 Å². The molecule has 1 aliphatic heterocycles. The molecule has 3 aromatic rings. The van der Waals surface area contributed by atoms with Crippen LogP contribution < -0.4 is 4.74 Å². The molecule has 0 amide bonds. The van der Waals surface area contributed by atoms with Crippen LogP contribution in [0.3, 0.4) is 0 Å². The highest BCUT2D eigenvalue weighted by Crippen LogP contribution is 2.38. The van der Waals surface area contributed by atoms with E-state index >= 15 is 0 Å². The van der Waals surface area contributed by atoms with Gasteiger partial charge in [0, 0.05) is 35.0 Å². The van der Waals surface area contributed by atoms with Crippen molar-refractivity contribution in [3.63, 3.8) is 0 Å². The van der Waals surface area contributed by atoms with E-state index in [1.807, 2.05) is 16.9 Å². The Kier molecular flexibility index (Phi) is 2.76. The lowest BCUT2D eigenvalue weighted by Gasteiger charge is -2.22. The van der Waals surface area contributed by atoms with Crippen molar-refractivity contribution in [2.24, 2.45) is 0 Å². The molecule has 0 atom stereocenters. The summed E-state index contributed by atoms with van der Waals surface area (Å²) in [5, 5.41) is 6.63. The van der Waals surface area contributed by atoms with Crippen LogP contribution in [0.5, 0.6) is 5.75 Å². The van der Waals surface area contributed by atoms with E-state index in [-0.39, 0.29) is 5.41 Å². The monoisotopic (exact) mass is 293 g/mol. The van der Waals surface area contributed by atoms with E-state index in [1.54, 1.807) is 6.20 Å². The van der Waals surface area contributed by atoms with Gasteiger partial charge < -0.3 is 4.74 Å². The molecule has 4 nitrogen and oxygen atoms in total. The summed E-state index contributed by atoms with van der Waals surface area (Å²) in [6, 6.07) is 8.36. The summed E-state index contributed by atoms with van der Waals surface area (Å²) in [7, 11) is 0. The summed E-state index contributed by atoms with van der Waals surface area (Å²) >= 11 is 0. The van der Waals surface area contributed by atoms with Gasteiger partial charge in [-0.15, -0.1) is 0 Å². The van der Waals surface area contributed by atoms with Crippen molar-refractivity contribution in [3.05, 3.63) is 47.9 Å². The molecule has 0 spiro atoms. The highest BCUT2D eigenvalue weighted by Gasteiger charge is 2.24. The summed E-state index contributed by atoms with van der Waals surface area (Å²) in [5.41, 5.74) is 2.31.